The lowest BCUT2D eigenvalue weighted by Crippen LogP contribution is -2.40. The number of hydrogen-bond acceptors (Lipinski definition) is 8. The molecule has 0 aliphatic heterocycles. The first-order chi connectivity index (χ1) is 9.58. The van der Waals surface area contributed by atoms with Crippen molar-refractivity contribution in [1.82, 2.24) is 0 Å². The lowest BCUT2D eigenvalue weighted by molar-refractivity contribution is -0.175. The van der Waals surface area contributed by atoms with E-state index in [0.717, 1.165) is 0 Å². The van der Waals surface area contributed by atoms with Gasteiger partial charge in [0, 0.05) is 12.8 Å². The van der Waals surface area contributed by atoms with Gasteiger partial charge in [0.05, 0.1) is 0 Å². The van der Waals surface area contributed by atoms with Gasteiger partial charge in [0.2, 0.25) is 0 Å². The highest BCUT2D eigenvalue weighted by molar-refractivity contribution is 5.70. The van der Waals surface area contributed by atoms with Gasteiger partial charge in [-0.2, -0.15) is 0 Å². The molecule has 0 aliphatic rings. The Morgan fingerprint density at radius 2 is 1.60 bits per heavy atom. The molecule has 0 aromatic heterocycles. The van der Waals surface area contributed by atoms with Gasteiger partial charge in [-0.1, -0.05) is 13.8 Å². The van der Waals surface area contributed by atoms with Gasteiger partial charge in [-0.3, -0.25) is 19.2 Å². The van der Waals surface area contributed by atoms with Crippen molar-refractivity contribution in [1.29, 1.82) is 0 Å². The minimum Gasteiger partial charge on any atom is -0.464 e. The third-order valence-electron chi connectivity index (χ3n) is 2.24. The van der Waals surface area contributed by atoms with Crippen LogP contribution in [0.1, 0.15) is 26.7 Å². The molecule has 0 aromatic carbocycles. The summed E-state index contributed by atoms with van der Waals surface area (Å²) < 4.78 is 19.0. The lowest BCUT2D eigenvalue weighted by Gasteiger charge is -2.24. The fourth-order valence-electron chi connectivity index (χ4n) is 1.19. The summed E-state index contributed by atoms with van der Waals surface area (Å²) in [6.45, 7) is 2.87. The summed E-state index contributed by atoms with van der Waals surface area (Å²) in [5.74, 6) is -1.06. The quantitative estimate of drug-likeness (QED) is 0.297. The number of ether oxygens (including phenoxy) is 4. The first-order valence-electron chi connectivity index (χ1n) is 6.08. The molecule has 0 aliphatic carbocycles. The monoisotopic (exact) mass is 290 g/mol. The normalized spacial score (nSPS) is 12.7. The van der Waals surface area contributed by atoms with E-state index in [-0.39, 0.29) is 39.0 Å². The molecule has 8 heteroatoms. The van der Waals surface area contributed by atoms with Crippen LogP contribution in [0, 0.1) is 0 Å². The second-order valence-electron chi connectivity index (χ2n) is 3.62. The van der Waals surface area contributed by atoms with E-state index in [0.29, 0.717) is 0 Å². The Balaban J connectivity index is 4.72. The van der Waals surface area contributed by atoms with E-state index >= 15 is 0 Å². The highest BCUT2D eigenvalue weighted by Crippen LogP contribution is 2.08. The molecule has 0 amide bonds. The minimum absolute atomic E-state index is 0.0978. The summed E-state index contributed by atoms with van der Waals surface area (Å²) in [7, 11) is 0. The van der Waals surface area contributed by atoms with Crippen molar-refractivity contribution in [2.24, 2.45) is 0 Å². The first-order valence-corrected chi connectivity index (χ1v) is 6.08. The van der Waals surface area contributed by atoms with Crippen LogP contribution >= 0.6 is 0 Å². The first kappa shape index (κ1) is 17.9. The highest BCUT2D eigenvalue weighted by Gasteiger charge is 2.28. The van der Waals surface area contributed by atoms with Crippen LogP contribution in [-0.2, 0) is 38.1 Å². The predicted octanol–water partition coefficient (Wildman–Crippen LogP) is -0.0240. The molecule has 8 nitrogen and oxygen atoms in total. The third-order valence-corrected chi connectivity index (χ3v) is 2.24. The topological polar surface area (TPSA) is 105 Å². The molecule has 0 fully saturated rings. The Kier molecular flexibility index (Phi) is 9.63. The Labute approximate surface area is 116 Å². The summed E-state index contributed by atoms with van der Waals surface area (Å²) in [4.78, 5) is 43.0. The zero-order valence-corrected chi connectivity index (χ0v) is 11.4. The molecule has 0 radical (unpaired) electrons. The van der Waals surface area contributed by atoms with Gasteiger partial charge in [0.25, 0.3) is 12.9 Å². The van der Waals surface area contributed by atoms with E-state index in [2.05, 4.69) is 9.47 Å². The molecule has 0 heterocycles. The molecular weight excluding hydrogens is 272 g/mol. The molecule has 2 unspecified atom stereocenters. The second-order valence-corrected chi connectivity index (χ2v) is 3.62. The number of esters is 2. The molecule has 0 saturated carbocycles. The predicted molar refractivity (Wildman–Crippen MR) is 64.4 cm³/mol. The SMILES string of the molecule is CCC(=O)OCC(OC(=O)CC)C(COC=O)OC=O. The van der Waals surface area contributed by atoms with Crippen LogP contribution < -0.4 is 0 Å². The molecule has 0 aromatic rings. The molecule has 0 N–H and O–H groups in total. The fourth-order valence-corrected chi connectivity index (χ4v) is 1.19. The average molecular weight is 290 g/mol. The van der Waals surface area contributed by atoms with E-state index < -0.39 is 24.1 Å². The molecule has 0 saturated heterocycles. The molecule has 20 heavy (non-hydrogen) atoms. The number of carbonyl (C=O) groups excluding carboxylic acids is 4. The van der Waals surface area contributed by atoms with Crippen molar-refractivity contribution >= 4 is 24.9 Å². The van der Waals surface area contributed by atoms with Crippen LogP contribution in [0.4, 0.5) is 0 Å². The van der Waals surface area contributed by atoms with E-state index in [9.17, 15) is 19.2 Å². The van der Waals surface area contributed by atoms with Crippen molar-refractivity contribution < 1.29 is 38.1 Å². The zero-order chi connectivity index (χ0) is 15.4. The van der Waals surface area contributed by atoms with Gasteiger partial charge in [-0.15, -0.1) is 0 Å². The van der Waals surface area contributed by atoms with Gasteiger partial charge in [0.1, 0.15) is 13.2 Å². The van der Waals surface area contributed by atoms with Crippen molar-refractivity contribution in [2.45, 2.75) is 38.9 Å². The van der Waals surface area contributed by atoms with Crippen molar-refractivity contribution in [2.75, 3.05) is 13.2 Å². The molecular formula is C12H18O8. The van der Waals surface area contributed by atoms with E-state index in [1.807, 2.05) is 0 Å². The number of rotatable bonds is 11. The van der Waals surface area contributed by atoms with Crippen LogP contribution in [0.5, 0.6) is 0 Å². The van der Waals surface area contributed by atoms with Crippen LogP contribution in [0.25, 0.3) is 0 Å². The Morgan fingerprint density at radius 3 is 2.10 bits per heavy atom. The van der Waals surface area contributed by atoms with Crippen LogP contribution in [0.2, 0.25) is 0 Å². The van der Waals surface area contributed by atoms with Gasteiger partial charge in [-0.05, 0) is 0 Å². The summed E-state index contributed by atoms with van der Waals surface area (Å²) in [5.41, 5.74) is 0. The van der Waals surface area contributed by atoms with Crippen LogP contribution in [0.3, 0.4) is 0 Å². The van der Waals surface area contributed by atoms with Crippen LogP contribution in [0.15, 0.2) is 0 Å². The second kappa shape index (κ2) is 10.8. The lowest BCUT2D eigenvalue weighted by atomic mass is 10.2. The maximum Gasteiger partial charge on any atom is 0.306 e. The zero-order valence-electron chi connectivity index (χ0n) is 11.4. The standard InChI is InChI=1S/C12H18O8/c1-3-11(15)18-6-10(20-12(16)4-2)9(19-8-14)5-17-7-13/h7-10H,3-6H2,1-2H3. The van der Waals surface area contributed by atoms with Gasteiger partial charge in [0.15, 0.2) is 12.2 Å². The summed E-state index contributed by atoms with van der Waals surface area (Å²) in [6, 6.07) is 0. The maximum absolute atomic E-state index is 11.3. The largest absolute Gasteiger partial charge is 0.464 e. The van der Waals surface area contributed by atoms with Crippen LogP contribution in [-0.4, -0.2) is 50.3 Å². The smallest absolute Gasteiger partial charge is 0.306 e. The van der Waals surface area contributed by atoms with E-state index in [1.165, 1.54) is 0 Å². The molecule has 0 spiro atoms. The molecule has 0 rings (SSSR count). The molecule has 0 bridgehead atoms. The average Bonchev–Trinajstić information content (AvgIpc) is 2.47. The minimum atomic E-state index is -1.04. The van der Waals surface area contributed by atoms with Crippen molar-refractivity contribution in [3.05, 3.63) is 0 Å². The van der Waals surface area contributed by atoms with E-state index in [4.69, 9.17) is 9.47 Å². The Hall–Kier alpha value is -2.12. The maximum atomic E-state index is 11.3. The fraction of sp³-hybridized carbons (Fsp3) is 0.667. The van der Waals surface area contributed by atoms with Gasteiger partial charge < -0.3 is 18.9 Å². The van der Waals surface area contributed by atoms with Gasteiger partial charge in [-0.25, -0.2) is 0 Å². The molecule has 114 valence electrons. The number of hydrogen-bond donors (Lipinski definition) is 0. The summed E-state index contributed by atoms with van der Waals surface area (Å²) >= 11 is 0. The third kappa shape index (κ3) is 7.34. The Morgan fingerprint density at radius 1 is 0.950 bits per heavy atom. The molecule has 2 atom stereocenters. The van der Waals surface area contributed by atoms with Crippen molar-refractivity contribution in [3.8, 4) is 0 Å². The number of carbonyl (C=O) groups is 4. The van der Waals surface area contributed by atoms with E-state index in [1.54, 1.807) is 13.8 Å². The Bertz CT molecular complexity index is 327. The van der Waals surface area contributed by atoms with Gasteiger partial charge >= 0.3 is 11.9 Å². The summed E-state index contributed by atoms with van der Waals surface area (Å²) in [5, 5.41) is 0. The highest BCUT2D eigenvalue weighted by atomic mass is 16.6. The summed E-state index contributed by atoms with van der Waals surface area (Å²) in [6.07, 6.45) is -1.83. The van der Waals surface area contributed by atoms with Crippen molar-refractivity contribution in [3.63, 3.8) is 0 Å².